The fourth-order valence-electron chi connectivity index (χ4n) is 3.26. The topological polar surface area (TPSA) is 56.7 Å². The summed E-state index contributed by atoms with van der Waals surface area (Å²) in [4.78, 5) is 4.56. The molecule has 2 aromatic heterocycles. The smallest absolute Gasteiger partial charge is 0.278 e. The molecule has 0 amide bonds. The van der Waals surface area contributed by atoms with Gasteiger partial charge in [0.15, 0.2) is 5.69 Å². The first-order valence-electron chi connectivity index (χ1n) is 9.83. The fourth-order valence-corrected chi connectivity index (χ4v) is 3.26. The summed E-state index contributed by atoms with van der Waals surface area (Å²) in [6.07, 6.45) is 0.805. The van der Waals surface area contributed by atoms with Gasteiger partial charge in [0.1, 0.15) is 0 Å². The number of benzene rings is 2. The van der Waals surface area contributed by atoms with E-state index in [1.165, 1.54) is 16.7 Å². The lowest BCUT2D eigenvalue weighted by atomic mass is 9.87. The molecule has 0 atom stereocenters. The van der Waals surface area contributed by atoms with Crippen LogP contribution in [-0.4, -0.2) is 19.9 Å². The molecule has 4 aromatic rings. The Morgan fingerprint density at radius 3 is 2.31 bits per heavy atom. The Hall–Kier alpha value is -3.21. The molecule has 0 aliphatic rings. The molecular formula is C24H26N4O. The highest BCUT2D eigenvalue weighted by molar-refractivity contribution is 5.58. The van der Waals surface area contributed by atoms with Crippen molar-refractivity contribution in [2.75, 3.05) is 0 Å². The van der Waals surface area contributed by atoms with Crippen LogP contribution in [0.2, 0.25) is 0 Å². The van der Waals surface area contributed by atoms with E-state index in [2.05, 4.69) is 79.3 Å². The van der Waals surface area contributed by atoms with Gasteiger partial charge in [-0.25, -0.2) is 0 Å². The highest BCUT2D eigenvalue weighted by Gasteiger charge is 2.17. The minimum Gasteiger partial charge on any atom is -0.332 e. The maximum Gasteiger partial charge on any atom is 0.278 e. The van der Waals surface area contributed by atoms with Gasteiger partial charge in [0.25, 0.3) is 5.89 Å². The van der Waals surface area contributed by atoms with E-state index >= 15 is 0 Å². The van der Waals surface area contributed by atoms with Gasteiger partial charge in [-0.15, -0.1) is 0 Å². The van der Waals surface area contributed by atoms with Gasteiger partial charge in [-0.1, -0.05) is 80.0 Å². The molecule has 0 radical (unpaired) electrons. The van der Waals surface area contributed by atoms with Crippen molar-refractivity contribution in [2.24, 2.45) is 7.05 Å². The standard InChI is InChI=1S/C24H26N4O/c1-16-6-8-17(9-7-16)14-20-15-21(26-28(20)5)23-25-22(27-29-23)18-10-12-19(13-11-18)24(2,3)4/h6-13,15H,14H2,1-5H3. The van der Waals surface area contributed by atoms with E-state index in [0.717, 1.165) is 17.7 Å². The summed E-state index contributed by atoms with van der Waals surface area (Å²) >= 11 is 0. The van der Waals surface area contributed by atoms with E-state index in [4.69, 9.17) is 4.52 Å². The number of aryl methyl sites for hydroxylation is 2. The first-order valence-corrected chi connectivity index (χ1v) is 9.83. The molecular weight excluding hydrogens is 360 g/mol. The molecule has 0 bridgehead atoms. The number of hydrogen-bond donors (Lipinski definition) is 0. The second kappa shape index (κ2) is 7.32. The van der Waals surface area contributed by atoms with Crippen LogP contribution in [0.3, 0.4) is 0 Å². The van der Waals surface area contributed by atoms with Crippen LogP contribution in [0, 0.1) is 6.92 Å². The zero-order valence-electron chi connectivity index (χ0n) is 17.6. The first-order chi connectivity index (χ1) is 13.8. The van der Waals surface area contributed by atoms with E-state index < -0.39 is 0 Å². The predicted molar refractivity (Wildman–Crippen MR) is 115 cm³/mol. The highest BCUT2D eigenvalue weighted by atomic mass is 16.5. The van der Waals surface area contributed by atoms with Crippen LogP contribution in [0.1, 0.15) is 43.2 Å². The maximum absolute atomic E-state index is 5.50. The molecule has 0 N–H and O–H groups in total. The largest absolute Gasteiger partial charge is 0.332 e. The lowest BCUT2D eigenvalue weighted by molar-refractivity contribution is 0.430. The summed E-state index contributed by atoms with van der Waals surface area (Å²) < 4.78 is 7.37. The normalized spacial score (nSPS) is 11.8. The predicted octanol–water partition coefficient (Wildman–Crippen LogP) is 5.33. The van der Waals surface area contributed by atoms with Crippen molar-refractivity contribution < 1.29 is 4.52 Å². The van der Waals surface area contributed by atoms with E-state index in [9.17, 15) is 0 Å². The summed E-state index contributed by atoms with van der Waals surface area (Å²) in [6.45, 7) is 8.69. The molecule has 148 valence electrons. The van der Waals surface area contributed by atoms with Crippen LogP contribution < -0.4 is 0 Å². The molecule has 0 unspecified atom stereocenters. The molecule has 0 aliphatic heterocycles. The van der Waals surface area contributed by atoms with E-state index in [1.54, 1.807) is 0 Å². The third kappa shape index (κ3) is 4.14. The van der Waals surface area contributed by atoms with E-state index in [-0.39, 0.29) is 5.41 Å². The van der Waals surface area contributed by atoms with Gasteiger partial charge in [-0.05, 0) is 29.5 Å². The van der Waals surface area contributed by atoms with Gasteiger partial charge < -0.3 is 4.52 Å². The maximum atomic E-state index is 5.50. The van der Waals surface area contributed by atoms with Crippen molar-refractivity contribution in [3.05, 3.63) is 77.0 Å². The van der Waals surface area contributed by atoms with Crippen LogP contribution in [0.15, 0.2) is 59.1 Å². The first kappa shape index (κ1) is 19.1. The number of rotatable bonds is 4. The molecule has 0 fully saturated rings. The lowest BCUT2D eigenvalue weighted by Gasteiger charge is -2.18. The molecule has 0 spiro atoms. The van der Waals surface area contributed by atoms with Crippen molar-refractivity contribution >= 4 is 0 Å². The van der Waals surface area contributed by atoms with Crippen molar-refractivity contribution in [3.63, 3.8) is 0 Å². The Bertz CT molecular complexity index is 1110. The monoisotopic (exact) mass is 386 g/mol. The Balaban J connectivity index is 1.56. The van der Waals surface area contributed by atoms with Crippen molar-refractivity contribution in [3.8, 4) is 23.0 Å². The fraction of sp³-hybridized carbons (Fsp3) is 0.292. The van der Waals surface area contributed by atoms with Crippen LogP contribution >= 0.6 is 0 Å². The van der Waals surface area contributed by atoms with Crippen LogP contribution in [0.4, 0.5) is 0 Å². The van der Waals surface area contributed by atoms with Crippen molar-refractivity contribution in [1.29, 1.82) is 0 Å². The minimum atomic E-state index is 0.114. The van der Waals surface area contributed by atoms with Gasteiger partial charge in [0.2, 0.25) is 5.82 Å². The molecule has 5 nitrogen and oxygen atoms in total. The molecule has 5 heteroatoms. The minimum absolute atomic E-state index is 0.114. The number of nitrogens with zero attached hydrogens (tertiary/aromatic N) is 4. The Labute approximate surface area is 171 Å². The second-order valence-corrected chi connectivity index (χ2v) is 8.56. The van der Waals surface area contributed by atoms with Crippen LogP contribution in [-0.2, 0) is 18.9 Å². The average Bonchev–Trinajstić information content (AvgIpc) is 3.30. The van der Waals surface area contributed by atoms with E-state index in [1.807, 2.05) is 29.9 Å². The van der Waals surface area contributed by atoms with Gasteiger partial charge >= 0.3 is 0 Å². The Morgan fingerprint density at radius 2 is 1.66 bits per heavy atom. The molecule has 2 heterocycles. The summed E-state index contributed by atoms with van der Waals surface area (Å²) in [5.41, 5.74) is 6.61. The Kier molecular flexibility index (Phi) is 4.82. The third-order valence-electron chi connectivity index (χ3n) is 5.14. The summed E-state index contributed by atoms with van der Waals surface area (Å²) in [6, 6.07) is 18.9. The van der Waals surface area contributed by atoms with Crippen molar-refractivity contribution in [2.45, 2.75) is 39.5 Å². The quantitative estimate of drug-likeness (QED) is 0.475. The highest BCUT2D eigenvalue weighted by Crippen LogP contribution is 2.26. The SMILES string of the molecule is Cc1ccc(Cc2cc(-c3nc(-c4ccc(C(C)(C)C)cc4)no3)nn2C)cc1. The van der Waals surface area contributed by atoms with Crippen molar-refractivity contribution in [1.82, 2.24) is 19.9 Å². The molecule has 0 aliphatic carbocycles. The van der Waals surface area contributed by atoms with Gasteiger partial charge in [-0.2, -0.15) is 10.1 Å². The molecule has 4 rings (SSSR count). The Morgan fingerprint density at radius 1 is 0.966 bits per heavy atom. The van der Waals surface area contributed by atoms with Gasteiger partial charge in [0, 0.05) is 24.7 Å². The summed E-state index contributed by atoms with van der Waals surface area (Å²) in [5, 5.41) is 8.72. The lowest BCUT2D eigenvalue weighted by Crippen LogP contribution is -2.10. The van der Waals surface area contributed by atoms with Gasteiger partial charge in [0.05, 0.1) is 0 Å². The summed E-state index contributed by atoms with van der Waals surface area (Å²) in [5.74, 6) is 1.01. The zero-order valence-corrected chi connectivity index (χ0v) is 17.6. The number of aromatic nitrogens is 4. The van der Waals surface area contributed by atoms with Crippen LogP contribution in [0.25, 0.3) is 23.0 Å². The third-order valence-corrected chi connectivity index (χ3v) is 5.14. The van der Waals surface area contributed by atoms with Gasteiger partial charge in [-0.3, -0.25) is 4.68 Å². The molecule has 0 saturated heterocycles. The van der Waals surface area contributed by atoms with E-state index in [0.29, 0.717) is 17.4 Å². The zero-order chi connectivity index (χ0) is 20.6. The molecule has 29 heavy (non-hydrogen) atoms. The number of hydrogen-bond acceptors (Lipinski definition) is 4. The summed E-state index contributed by atoms with van der Waals surface area (Å²) in [7, 11) is 1.94. The molecule has 0 saturated carbocycles. The average molecular weight is 386 g/mol. The second-order valence-electron chi connectivity index (χ2n) is 8.56. The molecule has 2 aromatic carbocycles. The van der Waals surface area contributed by atoms with Crippen LogP contribution in [0.5, 0.6) is 0 Å².